The number of carbonyl (C=O) groups is 4. The first kappa shape index (κ1) is 92.4. The number of ether oxygens (including phenoxy) is 4. The lowest BCUT2D eigenvalue weighted by Crippen LogP contribution is -2.30. The van der Waals surface area contributed by atoms with E-state index in [1.807, 2.05) is 36.5 Å². The second kappa shape index (κ2) is 69.9. The molecule has 0 rings (SSSR count). The van der Waals surface area contributed by atoms with Crippen molar-refractivity contribution in [1.29, 1.82) is 0 Å². The van der Waals surface area contributed by atoms with Gasteiger partial charge in [0.1, 0.15) is 19.3 Å². The standard InChI is InChI=1S/C79H126O17P2/c1-5-9-13-17-21-25-29-32-34-35-36-37-39-42-45-48-52-56-60-64-77(82)90-70-75(96-79(84)66-62-58-54-50-46-40-31-27-23-19-15-11-7-3)72-94-98(87,88)92-68-73(80)67-91-97(85,86)93-71-74(95-78(83)65-61-57-53-49-43-28-24-20-16-12-8-4)69-89-76(81)63-59-55-51-47-44-41-38-33-30-26-22-18-14-10-6-2/h9-10,13-15,19-22,24-27,31-34,36-38,42,44-45,47,52,55-56,59,73-75,80H,5-8,11-12,16-18,23,28-30,35,39-41,43,46,48-51,53-54,57-58,60-72H2,1-4H3,(H,85,86)(H,87,88)/b13-9-,14-10-,19-15-,24-20-,25-21-,26-22-,31-27-,34-32-,37-36-,38-33-,45-42-,47-44-,56-52-,59-55-. The highest BCUT2D eigenvalue weighted by molar-refractivity contribution is 7.47. The zero-order chi connectivity index (χ0) is 71.8. The molecular formula is C79H126O17P2. The lowest BCUT2D eigenvalue weighted by atomic mass is 10.1. The third-order valence-corrected chi connectivity index (χ3v) is 16.1. The molecule has 0 spiro atoms. The highest BCUT2D eigenvalue weighted by Gasteiger charge is 2.30. The van der Waals surface area contributed by atoms with Crippen molar-refractivity contribution in [3.05, 3.63) is 170 Å². The largest absolute Gasteiger partial charge is 0.472 e. The van der Waals surface area contributed by atoms with Crippen LogP contribution >= 0.6 is 15.6 Å². The summed E-state index contributed by atoms with van der Waals surface area (Å²) in [5, 5.41) is 10.6. The molecule has 0 aliphatic carbocycles. The number of phosphoric ester groups is 2. The van der Waals surface area contributed by atoms with Gasteiger partial charge in [0, 0.05) is 19.3 Å². The molecular weight excluding hydrogens is 1280 g/mol. The number of hydrogen-bond acceptors (Lipinski definition) is 15. The van der Waals surface area contributed by atoms with Gasteiger partial charge in [-0.3, -0.25) is 37.3 Å². The Bertz CT molecular complexity index is 2530. The van der Waals surface area contributed by atoms with E-state index in [0.29, 0.717) is 32.1 Å². The van der Waals surface area contributed by atoms with Crippen LogP contribution < -0.4 is 0 Å². The Hall–Kier alpha value is -5.58. The first-order valence-electron chi connectivity index (χ1n) is 36.4. The van der Waals surface area contributed by atoms with E-state index in [1.165, 1.54) is 6.42 Å². The van der Waals surface area contributed by atoms with Crippen LogP contribution in [0.2, 0.25) is 0 Å². The van der Waals surface area contributed by atoms with Crippen LogP contribution in [0.4, 0.5) is 0 Å². The van der Waals surface area contributed by atoms with Gasteiger partial charge < -0.3 is 33.8 Å². The molecule has 0 aliphatic rings. The van der Waals surface area contributed by atoms with Crippen molar-refractivity contribution in [2.75, 3.05) is 39.6 Å². The van der Waals surface area contributed by atoms with Crippen LogP contribution in [0.15, 0.2) is 170 Å². The molecule has 0 heterocycles. The minimum atomic E-state index is -5.00. The molecule has 0 bridgehead atoms. The van der Waals surface area contributed by atoms with Crippen molar-refractivity contribution in [3.8, 4) is 0 Å². The molecule has 554 valence electrons. The predicted octanol–water partition coefficient (Wildman–Crippen LogP) is 20.7. The van der Waals surface area contributed by atoms with E-state index in [-0.39, 0.29) is 25.7 Å². The summed E-state index contributed by atoms with van der Waals surface area (Å²) >= 11 is 0. The number of rotatable bonds is 66. The first-order chi connectivity index (χ1) is 47.7. The summed E-state index contributed by atoms with van der Waals surface area (Å²) in [5.74, 6) is -2.47. The molecule has 5 unspecified atom stereocenters. The molecule has 98 heavy (non-hydrogen) atoms. The van der Waals surface area contributed by atoms with Gasteiger partial charge in [0.2, 0.25) is 0 Å². The number of allylic oxidation sites excluding steroid dienone is 27. The van der Waals surface area contributed by atoms with E-state index in [2.05, 4.69) is 155 Å². The van der Waals surface area contributed by atoms with Crippen LogP contribution in [-0.2, 0) is 65.4 Å². The van der Waals surface area contributed by atoms with E-state index in [9.17, 15) is 43.2 Å². The van der Waals surface area contributed by atoms with Crippen molar-refractivity contribution in [1.82, 2.24) is 0 Å². The van der Waals surface area contributed by atoms with Gasteiger partial charge >= 0.3 is 39.5 Å². The Morgan fingerprint density at radius 1 is 0.306 bits per heavy atom. The van der Waals surface area contributed by atoms with Gasteiger partial charge in [-0.1, -0.05) is 256 Å². The SMILES string of the molecule is CC/C=C\C/C=C\C/C=C\C/C=C\C/C=C\C/C=C\CCC(=O)OCC(COP(=O)(O)OCC(O)COP(=O)(O)OCC(COC(=O)C/C=C\C/C=C\C/C=C\C/C=C\C/C=C\CC)OC(=O)CCCCCCC/C=C\CCCC)OC(=O)CCCCCCC/C=C\C/C=C\CCC. The van der Waals surface area contributed by atoms with Crippen molar-refractivity contribution in [3.63, 3.8) is 0 Å². The van der Waals surface area contributed by atoms with Gasteiger partial charge in [-0.15, -0.1) is 0 Å². The average Bonchev–Trinajstić information content (AvgIpc) is 0.972. The summed E-state index contributed by atoms with van der Waals surface area (Å²) in [7, 11) is -10.0. The molecule has 0 fully saturated rings. The van der Waals surface area contributed by atoms with Gasteiger partial charge in [-0.05, 0) is 135 Å². The zero-order valence-electron chi connectivity index (χ0n) is 60.1. The van der Waals surface area contributed by atoms with Crippen molar-refractivity contribution >= 4 is 39.5 Å². The van der Waals surface area contributed by atoms with Gasteiger partial charge in [-0.25, -0.2) is 9.13 Å². The molecule has 0 aromatic heterocycles. The Morgan fingerprint density at radius 3 is 1.00 bits per heavy atom. The molecule has 0 amide bonds. The second-order valence-corrected chi connectivity index (χ2v) is 26.3. The highest BCUT2D eigenvalue weighted by atomic mass is 31.2. The van der Waals surface area contributed by atoms with Crippen LogP contribution in [0, 0.1) is 0 Å². The second-order valence-electron chi connectivity index (χ2n) is 23.4. The molecule has 0 aromatic rings. The monoisotopic (exact) mass is 1410 g/mol. The van der Waals surface area contributed by atoms with E-state index < -0.39 is 97.5 Å². The number of aliphatic hydroxyl groups excluding tert-OH is 1. The number of hydrogen-bond donors (Lipinski definition) is 3. The number of esters is 4. The Kier molecular flexibility index (Phi) is 65.9. The summed E-state index contributed by atoms with van der Waals surface area (Å²) in [6, 6.07) is 0. The van der Waals surface area contributed by atoms with Crippen LogP contribution in [0.5, 0.6) is 0 Å². The molecule has 0 aromatic carbocycles. The Morgan fingerprint density at radius 2 is 0.612 bits per heavy atom. The van der Waals surface area contributed by atoms with Crippen molar-refractivity contribution in [2.24, 2.45) is 0 Å². The molecule has 0 aliphatic heterocycles. The van der Waals surface area contributed by atoms with E-state index in [0.717, 1.165) is 154 Å². The minimum Gasteiger partial charge on any atom is -0.462 e. The summed E-state index contributed by atoms with van der Waals surface area (Å²) < 4.78 is 68.1. The normalized spacial score (nSPS) is 15.0. The molecule has 0 saturated heterocycles. The fourth-order valence-corrected chi connectivity index (χ4v) is 10.3. The third-order valence-electron chi connectivity index (χ3n) is 14.2. The molecule has 0 radical (unpaired) electrons. The lowest BCUT2D eigenvalue weighted by Gasteiger charge is -2.21. The Labute approximate surface area is 591 Å². The van der Waals surface area contributed by atoms with Crippen molar-refractivity contribution in [2.45, 2.75) is 264 Å². The van der Waals surface area contributed by atoms with Crippen molar-refractivity contribution < 1.29 is 80.2 Å². The van der Waals surface area contributed by atoms with Gasteiger partial charge in [0.05, 0.1) is 32.8 Å². The van der Waals surface area contributed by atoms with Crippen LogP contribution in [0.1, 0.15) is 246 Å². The zero-order valence-corrected chi connectivity index (χ0v) is 61.9. The van der Waals surface area contributed by atoms with E-state index >= 15 is 0 Å². The van der Waals surface area contributed by atoms with E-state index in [4.69, 9.17) is 37.0 Å². The maximum absolute atomic E-state index is 13.0. The number of unbranched alkanes of at least 4 members (excludes halogenated alkanes) is 13. The van der Waals surface area contributed by atoms with E-state index in [1.54, 1.807) is 6.08 Å². The van der Waals surface area contributed by atoms with Gasteiger partial charge in [0.15, 0.2) is 12.2 Å². The molecule has 0 saturated carbocycles. The summed E-state index contributed by atoms with van der Waals surface area (Å²) in [4.78, 5) is 72.6. The summed E-state index contributed by atoms with van der Waals surface area (Å²) in [5.41, 5.74) is 0. The van der Waals surface area contributed by atoms with Gasteiger partial charge in [-0.2, -0.15) is 0 Å². The van der Waals surface area contributed by atoms with Gasteiger partial charge in [0.25, 0.3) is 0 Å². The summed E-state index contributed by atoms with van der Waals surface area (Å²) in [6.07, 6.45) is 81.3. The number of carbonyl (C=O) groups excluding carboxylic acids is 4. The highest BCUT2D eigenvalue weighted by Crippen LogP contribution is 2.45. The smallest absolute Gasteiger partial charge is 0.462 e. The molecule has 17 nitrogen and oxygen atoms in total. The van der Waals surface area contributed by atoms with Crippen LogP contribution in [0.3, 0.4) is 0 Å². The summed E-state index contributed by atoms with van der Waals surface area (Å²) in [6.45, 7) is 4.26. The predicted molar refractivity (Wildman–Crippen MR) is 399 cm³/mol. The van der Waals surface area contributed by atoms with Crippen LogP contribution in [0.25, 0.3) is 0 Å². The molecule has 5 atom stereocenters. The lowest BCUT2D eigenvalue weighted by molar-refractivity contribution is -0.161. The average molecular weight is 1410 g/mol. The van der Waals surface area contributed by atoms with Crippen LogP contribution in [-0.4, -0.2) is 96.7 Å². The Balaban J connectivity index is 5.47. The maximum atomic E-state index is 13.0. The topological polar surface area (TPSA) is 237 Å². The third kappa shape index (κ3) is 68.9. The molecule has 3 N–H and O–H groups in total. The number of phosphoric acid groups is 2. The maximum Gasteiger partial charge on any atom is 0.472 e. The minimum absolute atomic E-state index is 0.0253. The number of aliphatic hydroxyl groups is 1. The first-order valence-corrected chi connectivity index (χ1v) is 39.4. The molecule has 19 heteroatoms. The fourth-order valence-electron chi connectivity index (χ4n) is 8.69. The quantitative estimate of drug-likeness (QED) is 0.0169. The fraction of sp³-hybridized carbons (Fsp3) is 0.595.